The molecule has 0 saturated heterocycles. The number of aromatic nitrogens is 4. The molecule has 0 spiro atoms. The van der Waals surface area contributed by atoms with E-state index < -0.39 is 0 Å². The van der Waals surface area contributed by atoms with Crippen LogP contribution in [0.5, 0.6) is 0 Å². The van der Waals surface area contributed by atoms with E-state index in [0.717, 1.165) is 41.8 Å². The van der Waals surface area contributed by atoms with Crippen molar-refractivity contribution < 1.29 is 4.79 Å². The number of aryl methyl sites for hydroxylation is 1. The SMILES string of the molecule is O=C(CCCc1nc2ccccc2[nH]1)NCCc1ccc(-n2cccn2)cc1. The Morgan fingerprint density at radius 3 is 2.68 bits per heavy atom. The average Bonchev–Trinajstić information content (AvgIpc) is 3.38. The topological polar surface area (TPSA) is 75.6 Å². The lowest BCUT2D eigenvalue weighted by Crippen LogP contribution is -2.25. The number of nitrogens with zero attached hydrogens (tertiary/aromatic N) is 3. The van der Waals surface area contributed by atoms with Gasteiger partial charge in [-0.05, 0) is 48.7 Å². The lowest BCUT2D eigenvalue weighted by atomic mass is 10.1. The Kier molecular flexibility index (Phi) is 5.47. The van der Waals surface area contributed by atoms with Crippen molar-refractivity contribution in [3.05, 3.63) is 78.4 Å². The first kappa shape index (κ1) is 18.0. The third kappa shape index (κ3) is 4.46. The van der Waals surface area contributed by atoms with Crippen LogP contribution in [0.1, 0.15) is 24.2 Å². The molecule has 2 aromatic heterocycles. The minimum Gasteiger partial charge on any atom is -0.356 e. The smallest absolute Gasteiger partial charge is 0.220 e. The molecule has 0 aliphatic carbocycles. The normalized spacial score (nSPS) is 11.0. The second-order valence-electron chi connectivity index (χ2n) is 6.77. The number of H-pyrrole nitrogens is 1. The molecular formula is C22H23N5O. The van der Waals surface area contributed by atoms with Gasteiger partial charge in [0.05, 0.1) is 16.7 Å². The number of nitrogens with one attached hydrogen (secondary N) is 2. The van der Waals surface area contributed by atoms with Crippen molar-refractivity contribution in [2.45, 2.75) is 25.7 Å². The number of hydrogen-bond donors (Lipinski definition) is 2. The molecule has 142 valence electrons. The third-order valence-electron chi connectivity index (χ3n) is 4.70. The van der Waals surface area contributed by atoms with E-state index in [4.69, 9.17) is 0 Å². The van der Waals surface area contributed by atoms with Crippen molar-refractivity contribution in [3.8, 4) is 5.69 Å². The lowest BCUT2D eigenvalue weighted by Gasteiger charge is -2.06. The van der Waals surface area contributed by atoms with Gasteiger partial charge in [-0.1, -0.05) is 24.3 Å². The number of benzene rings is 2. The predicted molar refractivity (Wildman–Crippen MR) is 109 cm³/mol. The molecule has 0 radical (unpaired) electrons. The van der Waals surface area contributed by atoms with Crippen LogP contribution in [-0.2, 0) is 17.6 Å². The maximum absolute atomic E-state index is 12.1. The van der Waals surface area contributed by atoms with Crippen molar-refractivity contribution in [2.75, 3.05) is 6.54 Å². The third-order valence-corrected chi connectivity index (χ3v) is 4.70. The quantitative estimate of drug-likeness (QED) is 0.497. The zero-order valence-electron chi connectivity index (χ0n) is 15.6. The molecule has 0 aliphatic heterocycles. The number of imidazole rings is 1. The number of aromatic amines is 1. The van der Waals surface area contributed by atoms with E-state index in [2.05, 4.69) is 32.5 Å². The van der Waals surface area contributed by atoms with Crippen LogP contribution in [0.25, 0.3) is 16.7 Å². The molecule has 1 amide bonds. The van der Waals surface area contributed by atoms with E-state index in [1.807, 2.05) is 53.3 Å². The predicted octanol–water partition coefficient (Wildman–Crippen LogP) is 3.43. The van der Waals surface area contributed by atoms with Gasteiger partial charge in [0.25, 0.3) is 0 Å². The van der Waals surface area contributed by atoms with E-state index in [-0.39, 0.29) is 5.91 Å². The molecule has 4 rings (SSSR count). The van der Waals surface area contributed by atoms with Gasteiger partial charge in [0.15, 0.2) is 0 Å². The van der Waals surface area contributed by atoms with Gasteiger partial charge < -0.3 is 10.3 Å². The summed E-state index contributed by atoms with van der Waals surface area (Å²) < 4.78 is 1.83. The van der Waals surface area contributed by atoms with Gasteiger partial charge in [-0.15, -0.1) is 0 Å². The summed E-state index contributed by atoms with van der Waals surface area (Å²) in [6.45, 7) is 0.643. The Hall–Kier alpha value is -3.41. The molecule has 0 bridgehead atoms. The fourth-order valence-electron chi connectivity index (χ4n) is 3.21. The molecule has 2 heterocycles. The van der Waals surface area contributed by atoms with Crippen molar-refractivity contribution >= 4 is 16.9 Å². The lowest BCUT2D eigenvalue weighted by molar-refractivity contribution is -0.121. The van der Waals surface area contributed by atoms with Gasteiger partial charge in [-0.3, -0.25) is 4.79 Å². The summed E-state index contributed by atoms with van der Waals surface area (Å²) in [7, 11) is 0. The van der Waals surface area contributed by atoms with Gasteiger partial charge in [0.2, 0.25) is 5.91 Å². The largest absolute Gasteiger partial charge is 0.356 e. The van der Waals surface area contributed by atoms with Crippen LogP contribution in [0.2, 0.25) is 0 Å². The minimum atomic E-state index is 0.0873. The zero-order valence-corrected chi connectivity index (χ0v) is 15.6. The molecule has 2 N–H and O–H groups in total. The number of rotatable bonds is 8. The van der Waals surface area contributed by atoms with Crippen LogP contribution in [0.3, 0.4) is 0 Å². The van der Waals surface area contributed by atoms with Crippen LogP contribution in [0.4, 0.5) is 0 Å². The Morgan fingerprint density at radius 1 is 1.04 bits per heavy atom. The number of carbonyl (C=O) groups excluding carboxylic acids is 1. The Morgan fingerprint density at radius 2 is 1.89 bits per heavy atom. The van der Waals surface area contributed by atoms with Crippen LogP contribution in [-0.4, -0.2) is 32.2 Å². The molecule has 0 saturated carbocycles. The second-order valence-corrected chi connectivity index (χ2v) is 6.77. The molecule has 6 nitrogen and oxygen atoms in total. The van der Waals surface area contributed by atoms with Gasteiger partial charge in [-0.2, -0.15) is 5.10 Å². The first-order chi connectivity index (χ1) is 13.8. The monoisotopic (exact) mass is 373 g/mol. The van der Waals surface area contributed by atoms with E-state index in [0.29, 0.717) is 13.0 Å². The molecule has 0 atom stereocenters. The Labute approximate surface area is 163 Å². The summed E-state index contributed by atoms with van der Waals surface area (Å²) in [5.41, 5.74) is 4.24. The maximum atomic E-state index is 12.1. The molecule has 2 aromatic carbocycles. The van der Waals surface area contributed by atoms with Crippen LogP contribution in [0.15, 0.2) is 67.0 Å². The van der Waals surface area contributed by atoms with Crippen LogP contribution >= 0.6 is 0 Å². The fourth-order valence-corrected chi connectivity index (χ4v) is 3.21. The summed E-state index contributed by atoms with van der Waals surface area (Å²) in [4.78, 5) is 19.9. The van der Waals surface area contributed by atoms with Crippen molar-refractivity contribution in [1.29, 1.82) is 0 Å². The molecule has 4 aromatic rings. The standard InChI is InChI=1S/C22H23N5O/c28-22(8-3-7-21-25-19-5-1-2-6-20(19)26-21)23-15-13-17-9-11-18(12-10-17)27-16-4-14-24-27/h1-2,4-6,9-12,14,16H,3,7-8,13,15H2,(H,23,28)(H,25,26). The van der Waals surface area contributed by atoms with Gasteiger partial charge in [0, 0.05) is 31.8 Å². The molecule has 0 unspecified atom stereocenters. The molecule has 6 heteroatoms. The highest BCUT2D eigenvalue weighted by atomic mass is 16.1. The first-order valence-electron chi connectivity index (χ1n) is 9.57. The number of hydrogen-bond acceptors (Lipinski definition) is 3. The van der Waals surface area contributed by atoms with E-state index in [1.54, 1.807) is 6.20 Å². The van der Waals surface area contributed by atoms with Gasteiger partial charge >= 0.3 is 0 Å². The van der Waals surface area contributed by atoms with Crippen molar-refractivity contribution in [2.24, 2.45) is 0 Å². The van der Waals surface area contributed by atoms with Crippen LogP contribution < -0.4 is 5.32 Å². The van der Waals surface area contributed by atoms with Crippen LogP contribution in [0, 0.1) is 0 Å². The molecule has 28 heavy (non-hydrogen) atoms. The number of para-hydroxylation sites is 2. The summed E-state index contributed by atoms with van der Waals surface area (Å²) >= 11 is 0. The second kappa shape index (κ2) is 8.52. The summed E-state index contributed by atoms with van der Waals surface area (Å²) in [6, 6.07) is 18.1. The Bertz CT molecular complexity index is 1000. The first-order valence-corrected chi connectivity index (χ1v) is 9.57. The number of amides is 1. The average molecular weight is 373 g/mol. The highest BCUT2D eigenvalue weighted by Gasteiger charge is 2.05. The molecule has 0 fully saturated rings. The number of carbonyl (C=O) groups is 1. The van der Waals surface area contributed by atoms with E-state index in [1.165, 1.54) is 5.56 Å². The number of fused-ring (bicyclic) bond motifs is 1. The van der Waals surface area contributed by atoms with E-state index >= 15 is 0 Å². The van der Waals surface area contributed by atoms with Crippen molar-refractivity contribution in [1.82, 2.24) is 25.1 Å². The van der Waals surface area contributed by atoms with Crippen molar-refractivity contribution in [3.63, 3.8) is 0 Å². The summed E-state index contributed by atoms with van der Waals surface area (Å²) in [5, 5.41) is 7.22. The highest BCUT2D eigenvalue weighted by Crippen LogP contribution is 2.12. The maximum Gasteiger partial charge on any atom is 0.220 e. The highest BCUT2D eigenvalue weighted by molar-refractivity contribution is 5.76. The fraction of sp³-hybridized carbons (Fsp3) is 0.227. The van der Waals surface area contributed by atoms with Gasteiger partial charge in [0.1, 0.15) is 5.82 Å². The van der Waals surface area contributed by atoms with E-state index in [9.17, 15) is 4.79 Å². The zero-order chi connectivity index (χ0) is 19.2. The molecular weight excluding hydrogens is 350 g/mol. The summed E-state index contributed by atoms with van der Waals surface area (Å²) in [5.74, 6) is 1.02. The Balaban J connectivity index is 1.17. The summed E-state index contributed by atoms with van der Waals surface area (Å²) in [6.07, 6.45) is 6.56. The minimum absolute atomic E-state index is 0.0873. The van der Waals surface area contributed by atoms with Gasteiger partial charge in [-0.25, -0.2) is 9.67 Å². The molecule has 0 aliphatic rings.